The summed E-state index contributed by atoms with van der Waals surface area (Å²) in [6.45, 7) is 5.44. The van der Waals surface area contributed by atoms with Crippen LogP contribution < -0.4 is 5.73 Å². The summed E-state index contributed by atoms with van der Waals surface area (Å²) in [7, 11) is 1.99. The van der Waals surface area contributed by atoms with E-state index in [0.29, 0.717) is 23.8 Å². The van der Waals surface area contributed by atoms with Gasteiger partial charge in [0, 0.05) is 19.5 Å². The van der Waals surface area contributed by atoms with Crippen LogP contribution in [0.1, 0.15) is 71.6 Å². The van der Waals surface area contributed by atoms with Crippen molar-refractivity contribution in [3.05, 3.63) is 0 Å². The molecular weight excluding hydrogens is 236 g/mol. The van der Waals surface area contributed by atoms with E-state index in [2.05, 4.69) is 13.8 Å². The second-order valence-electron chi connectivity index (χ2n) is 6.85. The van der Waals surface area contributed by atoms with Crippen molar-refractivity contribution >= 4 is 5.91 Å². The SMILES string of the molecule is CN(C(=O)CCCCCCN)C1CCC(C)(C)CC1. The maximum atomic E-state index is 12.1. The number of amides is 1. The molecule has 3 heteroatoms. The van der Waals surface area contributed by atoms with Crippen LogP contribution in [0.4, 0.5) is 0 Å². The third-order valence-electron chi connectivity index (χ3n) is 4.59. The van der Waals surface area contributed by atoms with E-state index in [0.717, 1.165) is 32.2 Å². The maximum absolute atomic E-state index is 12.1. The van der Waals surface area contributed by atoms with Gasteiger partial charge in [0.1, 0.15) is 0 Å². The van der Waals surface area contributed by atoms with Gasteiger partial charge in [-0.1, -0.05) is 26.7 Å². The van der Waals surface area contributed by atoms with Crippen molar-refractivity contribution < 1.29 is 4.79 Å². The molecule has 0 aromatic rings. The van der Waals surface area contributed by atoms with Crippen molar-refractivity contribution in [2.45, 2.75) is 77.7 Å². The molecule has 0 bridgehead atoms. The number of hydrogen-bond donors (Lipinski definition) is 1. The van der Waals surface area contributed by atoms with Gasteiger partial charge in [0.15, 0.2) is 0 Å². The minimum atomic E-state index is 0.331. The fourth-order valence-electron chi connectivity index (χ4n) is 2.93. The number of carbonyl (C=O) groups is 1. The highest BCUT2D eigenvalue weighted by Crippen LogP contribution is 2.36. The lowest BCUT2D eigenvalue weighted by molar-refractivity contribution is -0.133. The first kappa shape index (κ1) is 16.5. The van der Waals surface area contributed by atoms with E-state index >= 15 is 0 Å². The van der Waals surface area contributed by atoms with Crippen LogP contribution in [0.25, 0.3) is 0 Å². The van der Waals surface area contributed by atoms with E-state index in [9.17, 15) is 4.79 Å². The van der Waals surface area contributed by atoms with Crippen molar-refractivity contribution in [2.75, 3.05) is 13.6 Å². The van der Waals surface area contributed by atoms with E-state index in [4.69, 9.17) is 5.73 Å². The Labute approximate surface area is 118 Å². The molecule has 0 unspecified atom stereocenters. The van der Waals surface area contributed by atoms with E-state index in [1.165, 1.54) is 25.7 Å². The quantitative estimate of drug-likeness (QED) is 0.720. The zero-order chi connectivity index (χ0) is 14.3. The van der Waals surface area contributed by atoms with Gasteiger partial charge in [-0.3, -0.25) is 4.79 Å². The van der Waals surface area contributed by atoms with Gasteiger partial charge in [0.25, 0.3) is 0 Å². The summed E-state index contributed by atoms with van der Waals surface area (Å²) in [6.07, 6.45) is 9.92. The summed E-state index contributed by atoms with van der Waals surface area (Å²) in [4.78, 5) is 14.1. The Hall–Kier alpha value is -0.570. The number of nitrogens with zero attached hydrogens (tertiary/aromatic N) is 1. The van der Waals surface area contributed by atoms with Crippen LogP contribution >= 0.6 is 0 Å². The summed E-state index contributed by atoms with van der Waals surface area (Å²) in [5.41, 5.74) is 5.94. The van der Waals surface area contributed by atoms with Gasteiger partial charge in [-0.15, -0.1) is 0 Å². The van der Waals surface area contributed by atoms with Gasteiger partial charge in [0.2, 0.25) is 5.91 Å². The first-order chi connectivity index (χ1) is 8.96. The number of carbonyl (C=O) groups excluding carboxylic acids is 1. The Morgan fingerprint density at radius 1 is 1.16 bits per heavy atom. The summed E-state index contributed by atoms with van der Waals surface area (Å²) in [5.74, 6) is 0.331. The summed E-state index contributed by atoms with van der Waals surface area (Å²) >= 11 is 0. The van der Waals surface area contributed by atoms with Gasteiger partial charge in [-0.2, -0.15) is 0 Å². The number of unbranched alkanes of at least 4 members (excludes halogenated alkanes) is 3. The molecule has 0 spiro atoms. The molecule has 3 nitrogen and oxygen atoms in total. The van der Waals surface area contributed by atoms with Crippen molar-refractivity contribution in [1.82, 2.24) is 4.90 Å². The predicted molar refractivity (Wildman–Crippen MR) is 80.9 cm³/mol. The molecule has 0 atom stereocenters. The van der Waals surface area contributed by atoms with Gasteiger partial charge in [-0.25, -0.2) is 0 Å². The lowest BCUT2D eigenvalue weighted by Gasteiger charge is -2.38. The van der Waals surface area contributed by atoms with Crippen LogP contribution in [-0.4, -0.2) is 30.4 Å². The van der Waals surface area contributed by atoms with Crippen LogP contribution in [0.15, 0.2) is 0 Å². The molecule has 1 rings (SSSR count). The molecule has 1 amide bonds. The van der Waals surface area contributed by atoms with Crippen molar-refractivity contribution in [3.8, 4) is 0 Å². The van der Waals surface area contributed by atoms with Crippen molar-refractivity contribution in [2.24, 2.45) is 11.1 Å². The van der Waals surface area contributed by atoms with Crippen LogP contribution in [-0.2, 0) is 4.79 Å². The summed E-state index contributed by atoms with van der Waals surface area (Å²) < 4.78 is 0. The van der Waals surface area contributed by atoms with Crippen LogP contribution in [0, 0.1) is 5.41 Å². The van der Waals surface area contributed by atoms with E-state index in [1.807, 2.05) is 11.9 Å². The normalized spacial score (nSPS) is 19.4. The minimum Gasteiger partial charge on any atom is -0.343 e. The lowest BCUT2D eigenvalue weighted by Crippen LogP contribution is -2.40. The number of hydrogen-bond acceptors (Lipinski definition) is 2. The molecule has 1 fully saturated rings. The van der Waals surface area contributed by atoms with E-state index in [-0.39, 0.29) is 0 Å². The van der Waals surface area contributed by atoms with Crippen LogP contribution in [0.3, 0.4) is 0 Å². The average Bonchev–Trinajstić information content (AvgIpc) is 2.37. The molecule has 0 heterocycles. The zero-order valence-electron chi connectivity index (χ0n) is 13.1. The Balaban J connectivity index is 2.21. The molecule has 0 aromatic carbocycles. The minimum absolute atomic E-state index is 0.331. The second-order valence-corrected chi connectivity index (χ2v) is 6.85. The molecule has 0 saturated heterocycles. The molecule has 0 aliphatic heterocycles. The number of rotatable bonds is 7. The fourth-order valence-corrected chi connectivity index (χ4v) is 2.93. The first-order valence-electron chi connectivity index (χ1n) is 7.92. The topological polar surface area (TPSA) is 46.3 Å². The Kier molecular flexibility index (Phi) is 6.84. The van der Waals surface area contributed by atoms with Gasteiger partial charge in [-0.05, 0) is 50.5 Å². The van der Waals surface area contributed by atoms with Crippen LogP contribution in [0.5, 0.6) is 0 Å². The molecule has 1 aliphatic carbocycles. The predicted octanol–water partition coefficient (Wildman–Crippen LogP) is 3.32. The molecule has 19 heavy (non-hydrogen) atoms. The second kappa shape index (κ2) is 7.88. The molecule has 0 radical (unpaired) electrons. The van der Waals surface area contributed by atoms with Gasteiger partial charge in [0.05, 0.1) is 0 Å². The van der Waals surface area contributed by atoms with E-state index in [1.54, 1.807) is 0 Å². The van der Waals surface area contributed by atoms with Gasteiger partial charge >= 0.3 is 0 Å². The zero-order valence-corrected chi connectivity index (χ0v) is 13.1. The van der Waals surface area contributed by atoms with E-state index < -0.39 is 0 Å². The molecule has 112 valence electrons. The smallest absolute Gasteiger partial charge is 0.222 e. The highest BCUT2D eigenvalue weighted by Gasteiger charge is 2.30. The average molecular weight is 268 g/mol. The van der Waals surface area contributed by atoms with Crippen LogP contribution in [0.2, 0.25) is 0 Å². The monoisotopic (exact) mass is 268 g/mol. The highest BCUT2D eigenvalue weighted by atomic mass is 16.2. The standard InChI is InChI=1S/C16H32N2O/c1-16(2)11-9-14(10-12-16)18(3)15(19)8-6-4-5-7-13-17/h14H,4-13,17H2,1-3H3. The maximum Gasteiger partial charge on any atom is 0.222 e. The molecule has 1 aliphatic rings. The lowest BCUT2D eigenvalue weighted by atomic mass is 9.75. The summed E-state index contributed by atoms with van der Waals surface area (Å²) in [6, 6.07) is 0.476. The van der Waals surface area contributed by atoms with Crippen molar-refractivity contribution in [1.29, 1.82) is 0 Å². The fraction of sp³-hybridized carbons (Fsp3) is 0.938. The molecule has 0 aromatic heterocycles. The molecular formula is C16H32N2O. The summed E-state index contributed by atoms with van der Waals surface area (Å²) in [5, 5.41) is 0. The Morgan fingerprint density at radius 3 is 2.32 bits per heavy atom. The van der Waals surface area contributed by atoms with Gasteiger partial charge < -0.3 is 10.6 Å². The first-order valence-corrected chi connectivity index (χ1v) is 7.92. The Bertz CT molecular complexity index is 266. The Morgan fingerprint density at radius 2 is 1.74 bits per heavy atom. The number of nitrogens with two attached hydrogens (primary N) is 1. The van der Waals surface area contributed by atoms with Crippen molar-refractivity contribution in [3.63, 3.8) is 0 Å². The third-order valence-corrected chi connectivity index (χ3v) is 4.59. The molecule has 1 saturated carbocycles. The largest absolute Gasteiger partial charge is 0.343 e. The highest BCUT2D eigenvalue weighted by molar-refractivity contribution is 5.76. The third kappa shape index (κ3) is 5.94. The molecule has 2 N–H and O–H groups in total.